The van der Waals surface area contributed by atoms with E-state index in [1.807, 2.05) is 6.07 Å². The molecular formula is C18H17ClN6O2S. The number of carbonyl (C=O) groups is 2. The van der Waals surface area contributed by atoms with Crippen LogP contribution in [0.15, 0.2) is 24.4 Å². The summed E-state index contributed by atoms with van der Waals surface area (Å²) in [5, 5.41) is 15.2. The van der Waals surface area contributed by atoms with E-state index in [1.165, 1.54) is 17.5 Å². The van der Waals surface area contributed by atoms with Crippen LogP contribution in [-0.4, -0.2) is 48.6 Å². The van der Waals surface area contributed by atoms with Crippen molar-refractivity contribution in [1.29, 1.82) is 5.26 Å². The van der Waals surface area contributed by atoms with Crippen molar-refractivity contribution in [3.05, 3.63) is 39.9 Å². The molecule has 2 aliphatic heterocycles. The summed E-state index contributed by atoms with van der Waals surface area (Å²) >= 11 is 7.08. The van der Waals surface area contributed by atoms with Crippen molar-refractivity contribution in [2.45, 2.75) is 11.8 Å². The van der Waals surface area contributed by atoms with E-state index in [1.54, 1.807) is 29.0 Å². The molecule has 0 saturated carbocycles. The lowest BCUT2D eigenvalue weighted by molar-refractivity contribution is 0.208. The number of thiazole rings is 1. The maximum absolute atomic E-state index is 12.9. The fraction of sp³-hybridized carbons (Fsp3) is 0.333. The molecule has 2 aromatic rings. The lowest BCUT2D eigenvalue weighted by Gasteiger charge is -2.25. The molecule has 28 heavy (non-hydrogen) atoms. The lowest BCUT2D eigenvalue weighted by Crippen LogP contribution is -2.43. The number of anilines is 2. The number of nitriles is 1. The number of nitrogens with zero attached hydrogens (tertiary/aromatic N) is 4. The average molecular weight is 417 g/mol. The normalized spacial score (nSPS) is 20.2. The van der Waals surface area contributed by atoms with Crippen LogP contribution >= 0.6 is 22.9 Å². The van der Waals surface area contributed by atoms with Gasteiger partial charge in [-0.05, 0) is 30.2 Å². The summed E-state index contributed by atoms with van der Waals surface area (Å²) in [6.45, 7) is 1.50. The first-order valence-electron chi connectivity index (χ1n) is 8.67. The van der Waals surface area contributed by atoms with Crippen LogP contribution in [0.2, 0.25) is 4.34 Å². The van der Waals surface area contributed by atoms with Gasteiger partial charge in [-0.2, -0.15) is 5.26 Å². The number of carbonyl (C=O) groups excluding carboxylic acids is 2. The zero-order valence-corrected chi connectivity index (χ0v) is 16.6. The molecule has 2 N–H and O–H groups in total. The van der Waals surface area contributed by atoms with Gasteiger partial charge in [-0.3, -0.25) is 10.2 Å². The van der Waals surface area contributed by atoms with E-state index < -0.39 is 5.41 Å². The lowest BCUT2D eigenvalue weighted by atomic mass is 9.81. The predicted molar refractivity (Wildman–Crippen MR) is 107 cm³/mol. The van der Waals surface area contributed by atoms with Crippen LogP contribution in [0.5, 0.6) is 0 Å². The van der Waals surface area contributed by atoms with E-state index in [9.17, 15) is 14.9 Å². The van der Waals surface area contributed by atoms with Crippen LogP contribution in [0.3, 0.4) is 0 Å². The van der Waals surface area contributed by atoms with Crippen LogP contribution in [0.1, 0.15) is 17.5 Å². The van der Waals surface area contributed by atoms with Gasteiger partial charge in [0.25, 0.3) is 0 Å². The van der Waals surface area contributed by atoms with Crippen LogP contribution in [0.25, 0.3) is 0 Å². The minimum atomic E-state index is -0.396. The second-order valence-corrected chi connectivity index (χ2v) is 8.50. The molecule has 0 bridgehead atoms. The van der Waals surface area contributed by atoms with Crippen LogP contribution < -0.4 is 15.5 Å². The fourth-order valence-corrected chi connectivity index (χ4v) is 4.75. The minimum Gasteiger partial charge on any atom is -0.341 e. The Morgan fingerprint density at radius 3 is 2.86 bits per heavy atom. The van der Waals surface area contributed by atoms with Gasteiger partial charge in [0.05, 0.1) is 17.8 Å². The molecule has 10 heteroatoms. The molecule has 4 amide bonds. The highest BCUT2D eigenvalue weighted by atomic mass is 35.5. The molecule has 144 valence electrons. The minimum absolute atomic E-state index is 0.143. The Bertz CT molecular complexity index is 1000. The first-order chi connectivity index (χ1) is 13.5. The van der Waals surface area contributed by atoms with Gasteiger partial charge in [0.2, 0.25) is 0 Å². The number of amides is 4. The Morgan fingerprint density at radius 2 is 2.18 bits per heavy atom. The van der Waals surface area contributed by atoms with Crippen LogP contribution in [0.4, 0.5) is 20.4 Å². The van der Waals surface area contributed by atoms with Gasteiger partial charge in [-0.1, -0.05) is 22.9 Å². The maximum Gasteiger partial charge on any atom is 0.328 e. The Kier molecular flexibility index (Phi) is 4.61. The molecule has 0 radical (unpaired) electrons. The summed E-state index contributed by atoms with van der Waals surface area (Å²) < 4.78 is 0.490. The van der Waals surface area contributed by atoms with Crippen molar-refractivity contribution >= 4 is 45.8 Å². The Morgan fingerprint density at radius 1 is 1.36 bits per heavy atom. The van der Waals surface area contributed by atoms with Gasteiger partial charge >= 0.3 is 12.1 Å². The topological polar surface area (TPSA) is 101 Å². The number of likely N-dealkylation sites (tertiary alicyclic amines) is 1. The average Bonchev–Trinajstić information content (AvgIpc) is 3.40. The third kappa shape index (κ3) is 3.04. The highest BCUT2D eigenvalue weighted by molar-refractivity contribution is 7.19. The summed E-state index contributed by atoms with van der Waals surface area (Å²) in [7, 11) is 1.60. The van der Waals surface area contributed by atoms with Gasteiger partial charge in [-0.25, -0.2) is 14.6 Å². The summed E-state index contributed by atoms with van der Waals surface area (Å²) in [5.41, 5.74) is 1.81. The zero-order chi connectivity index (χ0) is 19.9. The van der Waals surface area contributed by atoms with E-state index in [0.717, 1.165) is 17.7 Å². The van der Waals surface area contributed by atoms with Crippen molar-refractivity contribution in [3.63, 3.8) is 0 Å². The third-order valence-electron chi connectivity index (χ3n) is 5.24. The smallest absolute Gasteiger partial charge is 0.328 e. The highest BCUT2D eigenvalue weighted by Gasteiger charge is 2.50. The van der Waals surface area contributed by atoms with Crippen molar-refractivity contribution in [1.82, 2.24) is 15.2 Å². The van der Waals surface area contributed by atoms with Crippen molar-refractivity contribution < 1.29 is 9.59 Å². The highest BCUT2D eigenvalue weighted by Crippen LogP contribution is 2.47. The van der Waals surface area contributed by atoms with Crippen LogP contribution in [0, 0.1) is 11.3 Å². The number of nitrogens with one attached hydrogen (secondary N) is 2. The number of hydrogen-bond donors (Lipinski definition) is 2. The molecule has 1 fully saturated rings. The van der Waals surface area contributed by atoms with E-state index in [2.05, 4.69) is 21.7 Å². The van der Waals surface area contributed by atoms with Gasteiger partial charge in [0, 0.05) is 37.8 Å². The third-order valence-corrected chi connectivity index (χ3v) is 6.27. The largest absolute Gasteiger partial charge is 0.341 e. The molecule has 1 atom stereocenters. The Balaban J connectivity index is 1.67. The number of benzene rings is 1. The number of halogens is 1. The van der Waals surface area contributed by atoms with Gasteiger partial charge < -0.3 is 10.2 Å². The van der Waals surface area contributed by atoms with E-state index >= 15 is 0 Å². The van der Waals surface area contributed by atoms with Crippen molar-refractivity contribution in [2.75, 3.05) is 36.9 Å². The molecule has 3 heterocycles. The molecule has 8 nitrogen and oxygen atoms in total. The second kappa shape index (κ2) is 6.96. The molecule has 1 saturated heterocycles. The Labute approximate surface area is 170 Å². The molecule has 4 rings (SSSR count). The molecule has 2 aliphatic rings. The summed E-state index contributed by atoms with van der Waals surface area (Å²) in [4.78, 5) is 32.5. The monoisotopic (exact) mass is 416 g/mol. The van der Waals surface area contributed by atoms with Crippen molar-refractivity contribution in [3.8, 4) is 6.07 Å². The number of hydrogen-bond acceptors (Lipinski definition) is 5. The summed E-state index contributed by atoms with van der Waals surface area (Å²) in [5.74, 6) is 0. The zero-order valence-electron chi connectivity index (χ0n) is 15.0. The Hall–Kier alpha value is -2.83. The maximum atomic E-state index is 12.9. The summed E-state index contributed by atoms with van der Waals surface area (Å²) in [6.07, 6.45) is 2.20. The molecule has 1 aromatic carbocycles. The van der Waals surface area contributed by atoms with Gasteiger partial charge in [-0.15, -0.1) is 0 Å². The first kappa shape index (κ1) is 18.5. The number of fused-ring (bicyclic) bond motifs is 2. The van der Waals surface area contributed by atoms with E-state index in [0.29, 0.717) is 34.7 Å². The van der Waals surface area contributed by atoms with Crippen molar-refractivity contribution in [2.24, 2.45) is 0 Å². The van der Waals surface area contributed by atoms with E-state index in [-0.39, 0.29) is 12.1 Å². The van der Waals surface area contributed by atoms with Gasteiger partial charge in [0.1, 0.15) is 4.34 Å². The predicted octanol–water partition coefficient (Wildman–Crippen LogP) is 3.00. The molecular weight excluding hydrogens is 400 g/mol. The standard InChI is InChI=1S/C18H17ClN6O2S/c1-21-16(26)24-5-4-18(9-24)10-25(13-3-2-11(7-20)6-12(13)18)17(27)23-15-22-8-14(19)28-15/h2-3,6,8H,4-5,9-10H2,1H3,(H,21,26)(H,22,23,27). The van der Waals surface area contributed by atoms with E-state index in [4.69, 9.17) is 11.6 Å². The van der Waals surface area contributed by atoms with Crippen LogP contribution in [-0.2, 0) is 5.41 Å². The first-order valence-corrected chi connectivity index (χ1v) is 9.86. The summed E-state index contributed by atoms with van der Waals surface area (Å²) in [6, 6.07) is 7.02. The fourth-order valence-electron chi connectivity index (χ4n) is 3.94. The molecule has 1 spiro atoms. The van der Waals surface area contributed by atoms with Gasteiger partial charge in [0.15, 0.2) is 5.13 Å². The SMILES string of the molecule is CNC(=O)N1CCC2(C1)CN(C(=O)Nc1ncc(Cl)s1)c1ccc(C#N)cc12. The number of urea groups is 2. The molecule has 1 unspecified atom stereocenters. The second-order valence-electron chi connectivity index (χ2n) is 6.84. The molecule has 1 aromatic heterocycles. The number of rotatable bonds is 1. The molecule has 0 aliphatic carbocycles. The quantitative estimate of drug-likeness (QED) is 0.746. The number of aromatic nitrogens is 1.